The van der Waals surface area contributed by atoms with Crippen LogP contribution < -0.4 is 21.8 Å². The highest BCUT2D eigenvalue weighted by atomic mass is 16.5. The molecule has 36 heavy (non-hydrogen) atoms. The number of fused-ring (bicyclic) bond motifs is 1. The normalized spacial score (nSPS) is 11.6. The topological polar surface area (TPSA) is 170 Å². The first-order valence-corrected chi connectivity index (χ1v) is 10.9. The number of carbonyl (C=O) groups excluding carboxylic acids is 3. The quantitative estimate of drug-likeness (QED) is 0.344. The fourth-order valence-electron chi connectivity index (χ4n) is 3.40. The van der Waals surface area contributed by atoms with E-state index in [2.05, 4.69) is 25.3 Å². The third kappa shape index (κ3) is 5.74. The summed E-state index contributed by atoms with van der Waals surface area (Å²) in [5, 5.41) is 13.7. The molecule has 0 aliphatic rings. The molecule has 1 amide bonds. The average Bonchev–Trinajstić information content (AvgIpc) is 2.91. The van der Waals surface area contributed by atoms with Crippen molar-refractivity contribution in [3.8, 4) is 0 Å². The van der Waals surface area contributed by atoms with Crippen molar-refractivity contribution in [2.45, 2.75) is 25.4 Å². The van der Waals surface area contributed by atoms with E-state index in [0.717, 1.165) is 0 Å². The first-order chi connectivity index (χ1) is 17.2. The van der Waals surface area contributed by atoms with Crippen LogP contribution in [0.2, 0.25) is 0 Å². The van der Waals surface area contributed by atoms with Crippen LogP contribution in [0.4, 0.5) is 5.69 Å². The maximum atomic E-state index is 12.6. The zero-order chi connectivity index (χ0) is 26.4. The van der Waals surface area contributed by atoms with E-state index in [1.54, 1.807) is 31.3 Å². The molecular weight excluding hydrogens is 470 g/mol. The summed E-state index contributed by atoms with van der Waals surface area (Å²) in [4.78, 5) is 57.1. The van der Waals surface area contributed by atoms with E-state index in [4.69, 9.17) is 10.1 Å². The van der Waals surface area contributed by atoms with Crippen molar-refractivity contribution in [2.75, 3.05) is 19.5 Å². The van der Waals surface area contributed by atoms with Gasteiger partial charge in [-0.3, -0.25) is 28.9 Å². The number of nitrogens with one attached hydrogen (secondary N) is 3. The first kappa shape index (κ1) is 26.1. The molecule has 190 valence electrons. The lowest BCUT2D eigenvalue weighted by Crippen LogP contribution is -2.41. The van der Waals surface area contributed by atoms with Gasteiger partial charge < -0.3 is 20.1 Å². The maximum absolute atomic E-state index is 12.6. The number of aryl methyl sites for hydroxylation is 1. The largest absolute Gasteiger partial charge is 0.469 e. The zero-order valence-corrected chi connectivity index (χ0v) is 20.3. The van der Waals surface area contributed by atoms with Crippen molar-refractivity contribution in [3.63, 3.8) is 0 Å². The lowest BCUT2D eigenvalue weighted by Gasteiger charge is -2.16. The molecule has 13 nitrogen and oxygen atoms in total. The van der Waals surface area contributed by atoms with Crippen molar-refractivity contribution < 1.29 is 23.9 Å². The van der Waals surface area contributed by atoms with Crippen LogP contribution in [0.1, 0.15) is 28.9 Å². The summed E-state index contributed by atoms with van der Waals surface area (Å²) in [6.45, 7) is 0.266. The van der Waals surface area contributed by atoms with Gasteiger partial charge >= 0.3 is 11.9 Å². The van der Waals surface area contributed by atoms with Crippen molar-refractivity contribution in [1.82, 2.24) is 24.4 Å². The summed E-state index contributed by atoms with van der Waals surface area (Å²) in [7, 11) is 5.58. The van der Waals surface area contributed by atoms with Gasteiger partial charge in [0, 0.05) is 31.8 Å². The number of ether oxygens (including phenoxy) is 2. The van der Waals surface area contributed by atoms with E-state index in [1.165, 1.54) is 36.6 Å². The fourth-order valence-corrected chi connectivity index (χ4v) is 3.40. The molecule has 0 fully saturated rings. The molecule has 13 heteroatoms. The Morgan fingerprint density at radius 2 is 1.78 bits per heavy atom. The number of rotatable bonds is 9. The van der Waals surface area contributed by atoms with Crippen LogP contribution in [0.5, 0.6) is 0 Å². The highest BCUT2D eigenvalue weighted by Crippen LogP contribution is 2.12. The Morgan fingerprint density at radius 1 is 1.08 bits per heavy atom. The van der Waals surface area contributed by atoms with E-state index < -0.39 is 29.4 Å². The monoisotopic (exact) mass is 497 g/mol. The second-order valence-electron chi connectivity index (χ2n) is 7.88. The molecule has 2 aromatic heterocycles. The minimum atomic E-state index is -0.994. The SMILES string of the molecule is COC(=O)CC[C@H](NC(=O)c1ccc(NCc2cnc3c(n2)c(=O)n(C)c(=N)n3C)cc1)C(=O)OC. The van der Waals surface area contributed by atoms with Gasteiger partial charge in [0.2, 0.25) is 5.62 Å². The highest BCUT2D eigenvalue weighted by molar-refractivity contribution is 5.97. The number of nitrogens with zero attached hydrogens (tertiary/aromatic N) is 4. The lowest BCUT2D eigenvalue weighted by molar-refractivity contribution is -0.144. The van der Waals surface area contributed by atoms with Gasteiger partial charge in [0.05, 0.1) is 32.7 Å². The van der Waals surface area contributed by atoms with E-state index in [-0.39, 0.29) is 30.5 Å². The summed E-state index contributed by atoms with van der Waals surface area (Å²) in [6, 6.07) is 5.51. The van der Waals surface area contributed by atoms with Crippen molar-refractivity contribution in [3.05, 3.63) is 57.7 Å². The maximum Gasteiger partial charge on any atom is 0.328 e. The Labute approximate surface area is 205 Å². The number of esters is 2. The molecule has 1 atom stereocenters. The minimum Gasteiger partial charge on any atom is -0.469 e. The predicted octanol–water partition coefficient (Wildman–Crippen LogP) is -0.0168. The van der Waals surface area contributed by atoms with Gasteiger partial charge in [0.25, 0.3) is 11.5 Å². The van der Waals surface area contributed by atoms with Gasteiger partial charge in [0.1, 0.15) is 6.04 Å². The summed E-state index contributed by atoms with van der Waals surface area (Å²) in [5.74, 6) is -1.66. The molecule has 3 N–H and O–H groups in total. The molecule has 2 heterocycles. The van der Waals surface area contributed by atoms with Gasteiger partial charge in [-0.25, -0.2) is 14.8 Å². The van der Waals surface area contributed by atoms with Gasteiger partial charge in [-0.15, -0.1) is 0 Å². The first-order valence-electron chi connectivity index (χ1n) is 10.9. The third-order valence-electron chi connectivity index (χ3n) is 5.54. The Kier molecular flexibility index (Phi) is 8.14. The number of hydrogen-bond acceptors (Lipinski definition) is 10. The number of anilines is 1. The van der Waals surface area contributed by atoms with Gasteiger partial charge in [-0.1, -0.05) is 0 Å². The van der Waals surface area contributed by atoms with Crippen LogP contribution in [-0.2, 0) is 39.7 Å². The molecule has 0 spiro atoms. The van der Waals surface area contributed by atoms with E-state index in [9.17, 15) is 19.2 Å². The van der Waals surface area contributed by atoms with E-state index >= 15 is 0 Å². The molecule has 1 aromatic carbocycles. The number of carbonyl (C=O) groups is 3. The van der Waals surface area contributed by atoms with Crippen molar-refractivity contribution in [2.24, 2.45) is 14.1 Å². The molecule has 3 aromatic rings. The van der Waals surface area contributed by atoms with Crippen LogP contribution in [0.25, 0.3) is 11.2 Å². The summed E-state index contributed by atoms with van der Waals surface area (Å²) in [5.41, 5.74) is 1.59. The number of methoxy groups -OCH3 is 2. The lowest BCUT2D eigenvalue weighted by atomic mass is 10.1. The summed E-state index contributed by atoms with van der Waals surface area (Å²) in [6.07, 6.45) is 1.52. The molecule has 0 saturated heterocycles. The van der Waals surface area contributed by atoms with Crippen LogP contribution in [0.15, 0.2) is 35.3 Å². The number of benzene rings is 1. The van der Waals surface area contributed by atoms with E-state index in [1.807, 2.05) is 0 Å². The molecular formula is C23H27N7O6. The summed E-state index contributed by atoms with van der Waals surface area (Å²) >= 11 is 0. The molecule has 3 rings (SSSR count). The molecule has 0 aliphatic heterocycles. The Balaban J connectivity index is 1.67. The smallest absolute Gasteiger partial charge is 0.328 e. The molecule has 0 aliphatic carbocycles. The summed E-state index contributed by atoms with van der Waals surface area (Å²) < 4.78 is 11.9. The number of aromatic nitrogens is 4. The molecule has 0 radical (unpaired) electrons. The highest BCUT2D eigenvalue weighted by Gasteiger charge is 2.23. The second-order valence-corrected chi connectivity index (χ2v) is 7.88. The van der Waals surface area contributed by atoms with Crippen LogP contribution in [0.3, 0.4) is 0 Å². The standard InChI is InChI=1S/C23H27N7O6/c1-29-19-18(21(33)30(2)23(29)24)27-15(12-26-19)11-25-14-7-5-13(6-8-14)20(32)28-16(22(34)36-4)9-10-17(31)35-3/h5-8,12,16,24-25H,9-11H2,1-4H3,(H,28,32)/t16-/m0/s1. The molecule has 0 bridgehead atoms. The van der Waals surface area contributed by atoms with Gasteiger partial charge in [0.15, 0.2) is 11.2 Å². The minimum absolute atomic E-state index is 0.0122. The van der Waals surface area contributed by atoms with Crippen molar-refractivity contribution in [1.29, 1.82) is 5.41 Å². The Bertz CT molecular complexity index is 1410. The Morgan fingerprint density at radius 3 is 2.42 bits per heavy atom. The van der Waals surface area contributed by atoms with Gasteiger partial charge in [-0.2, -0.15) is 0 Å². The third-order valence-corrected chi connectivity index (χ3v) is 5.54. The number of hydrogen-bond donors (Lipinski definition) is 3. The van der Waals surface area contributed by atoms with Crippen LogP contribution in [-0.4, -0.2) is 57.2 Å². The Hall–Kier alpha value is -4.55. The average molecular weight is 498 g/mol. The number of amides is 1. The predicted molar refractivity (Wildman–Crippen MR) is 128 cm³/mol. The fraction of sp³-hybridized carbons (Fsp3) is 0.348. The van der Waals surface area contributed by atoms with Crippen LogP contribution >= 0.6 is 0 Å². The van der Waals surface area contributed by atoms with Crippen molar-refractivity contribution >= 4 is 34.7 Å². The zero-order valence-electron chi connectivity index (χ0n) is 20.3. The second kappa shape index (κ2) is 11.3. The van der Waals surface area contributed by atoms with E-state index in [0.29, 0.717) is 22.6 Å². The van der Waals surface area contributed by atoms with Crippen LogP contribution in [0, 0.1) is 5.41 Å². The molecule has 0 unspecified atom stereocenters. The van der Waals surface area contributed by atoms with Gasteiger partial charge in [-0.05, 0) is 30.7 Å². The molecule has 0 saturated carbocycles.